The summed E-state index contributed by atoms with van der Waals surface area (Å²) in [5.74, 6) is 0.210. The van der Waals surface area contributed by atoms with Crippen molar-refractivity contribution < 1.29 is 19.1 Å². The van der Waals surface area contributed by atoms with E-state index in [2.05, 4.69) is 5.32 Å². The van der Waals surface area contributed by atoms with Crippen molar-refractivity contribution in [2.24, 2.45) is 0 Å². The van der Waals surface area contributed by atoms with E-state index in [-0.39, 0.29) is 10.6 Å². The highest BCUT2D eigenvalue weighted by molar-refractivity contribution is 8.04. The average molecular weight is 481 g/mol. The lowest BCUT2D eigenvalue weighted by Gasteiger charge is -2.16. The van der Waals surface area contributed by atoms with Crippen LogP contribution in [-0.2, 0) is 9.59 Å². The summed E-state index contributed by atoms with van der Waals surface area (Å²) in [6.07, 6.45) is 0. The number of imide groups is 1. The monoisotopic (exact) mass is 480 g/mol. The molecule has 1 aliphatic heterocycles. The summed E-state index contributed by atoms with van der Waals surface area (Å²) in [6, 6.07) is 19.5. The first-order valence-corrected chi connectivity index (χ1v) is 11.2. The Bertz CT molecular complexity index is 1240. The van der Waals surface area contributed by atoms with Gasteiger partial charge in [-0.2, -0.15) is 0 Å². The van der Waals surface area contributed by atoms with Crippen molar-refractivity contribution in [2.75, 3.05) is 24.4 Å². The fourth-order valence-corrected chi connectivity index (χ4v) is 4.35. The predicted molar refractivity (Wildman–Crippen MR) is 131 cm³/mol. The number of nitrogens with one attached hydrogen (secondary N) is 1. The molecule has 8 heteroatoms. The van der Waals surface area contributed by atoms with Crippen LogP contribution in [0.4, 0.5) is 11.4 Å². The maximum atomic E-state index is 13.5. The Hall–Kier alpha value is -3.42. The summed E-state index contributed by atoms with van der Waals surface area (Å²) in [5, 5.41) is 3.64. The van der Waals surface area contributed by atoms with Gasteiger partial charge < -0.3 is 14.8 Å². The predicted octanol–water partition coefficient (Wildman–Crippen LogP) is 5.65. The SMILES string of the molecule is COc1ccc(NC2=C(Sc3ccc(C)cc3)C(=O)N(c3ccc(Cl)cc3)C2=O)c(OC)c1. The minimum atomic E-state index is -0.463. The standard InChI is InChI=1S/C25H21ClN2O4S/c1-15-4-11-19(12-5-15)33-23-22(27-20-13-10-18(31-2)14-21(20)32-3)24(29)28(25(23)30)17-8-6-16(26)7-9-17/h4-14,27H,1-3H3. The molecule has 0 atom stereocenters. The smallest absolute Gasteiger partial charge is 0.283 e. The van der Waals surface area contributed by atoms with Crippen molar-refractivity contribution in [1.82, 2.24) is 0 Å². The van der Waals surface area contributed by atoms with Gasteiger partial charge in [-0.15, -0.1) is 0 Å². The van der Waals surface area contributed by atoms with E-state index in [1.807, 2.05) is 31.2 Å². The Kier molecular flexibility index (Phi) is 6.62. The number of methoxy groups -OCH3 is 2. The van der Waals surface area contributed by atoms with Gasteiger partial charge in [0, 0.05) is 16.0 Å². The van der Waals surface area contributed by atoms with Crippen molar-refractivity contribution in [2.45, 2.75) is 11.8 Å². The molecule has 0 aliphatic carbocycles. The number of halogens is 1. The summed E-state index contributed by atoms with van der Waals surface area (Å²) in [5.41, 5.74) is 2.25. The van der Waals surface area contributed by atoms with Gasteiger partial charge in [0.15, 0.2) is 0 Å². The van der Waals surface area contributed by atoms with Crippen LogP contribution >= 0.6 is 23.4 Å². The summed E-state index contributed by atoms with van der Waals surface area (Å²) in [6.45, 7) is 1.99. The number of aryl methyl sites for hydroxylation is 1. The Morgan fingerprint density at radius 3 is 2.21 bits per heavy atom. The molecular weight excluding hydrogens is 460 g/mol. The molecule has 0 bridgehead atoms. The Morgan fingerprint density at radius 2 is 1.58 bits per heavy atom. The molecule has 1 N–H and O–H groups in total. The van der Waals surface area contributed by atoms with E-state index in [0.717, 1.165) is 15.4 Å². The lowest BCUT2D eigenvalue weighted by Crippen LogP contribution is -2.32. The summed E-state index contributed by atoms with van der Waals surface area (Å²) in [7, 11) is 3.09. The van der Waals surface area contributed by atoms with Crippen LogP contribution in [0.2, 0.25) is 5.02 Å². The number of ether oxygens (including phenoxy) is 2. The average Bonchev–Trinajstić information content (AvgIpc) is 3.05. The van der Waals surface area contributed by atoms with Crippen LogP contribution in [0.5, 0.6) is 11.5 Å². The van der Waals surface area contributed by atoms with Crippen molar-refractivity contribution in [3.63, 3.8) is 0 Å². The van der Waals surface area contributed by atoms with E-state index in [0.29, 0.717) is 27.9 Å². The third-order valence-corrected chi connectivity index (χ3v) is 6.38. The molecule has 0 fully saturated rings. The van der Waals surface area contributed by atoms with Crippen LogP contribution < -0.4 is 19.7 Å². The van der Waals surface area contributed by atoms with E-state index >= 15 is 0 Å². The second-order valence-electron chi connectivity index (χ2n) is 7.23. The Labute approximate surface area is 201 Å². The summed E-state index contributed by atoms with van der Waals surface area (Å²) >= 11 is 7.23. The van der Waals surface area contributed by atoms with Gasteiger partial charge in [-0.25, -0.2) is 4.90 Å². The first-order chi connectivity index (χ1) is 15.9. The van der Waals surface area contributed by atoms with Gasteiger partial charge in [-0.05, 0) is 55.5 Å². The number of carbonyl (C=O) groups is 2. The van der Waals surface area contributed by atoms with Crippen LogP contribution in [0.1, 0.15) is 5.56 Å². The largest absolute Gasteiger partial charge is 0.497 e. The van der Waals surface area contributed by atoms with Crippen LogP contribution in [0.15, 0.2) is 82.2 Å². The second-order valence-corrected chi connectivity index (χ2v) is 8.75. The third kappa shape index (κ3) is 4.69. The number of anilines is 2. The molecule has 0 saturated heterocycles. The van der Waals surface area contributed by atoms with Crippen LogP contribution in [-0.4, -0.2) is 26.0 Å². The van der Waals surface area contributed by atoms with Gasteiger partial charge in [0.2, 0.25) is 0 Å². The molecule has 1 aliphatic rings. The van der Waals surface area contributed by atoms with Crippen LogP contribution in [0.3, 0.4) is 0 Å². The number of hydrogen-bond acceptors (Lipinski definition) is 6. The highest BCUT2D eigenvalue weighted by Gasteiger charge is 2.40. The molecular formula is C25H21ClN2O4S. The van der Waals surface area contributed by atoms with Crippen molar-refractivity contribution in [1.29, 1.82) is 0 Å². The molecule has 2 amide bonds. The van der Waals surface area contributed by atoms with Gasteiger partial charge in [0.25, 0.3) is 11.8 Å². The van der Waals surface area contributed by atoms with Gasteiger partial charge in [-0.1, -0.05) is 41.1 Å². The molecule has 0 aromatic heterocycles. The number of carbonyl (C=O) groups excluding carboxylic acids is 2. The molecule has 6 nitrogen and oxygen atoms in total. The topological polar surface area (TPSA) is 67.9 Å². The number of thioether (sulfide) groups is 1. The van der Waals surface area contributed by atoms with Crippen molar-refractivity contribution in [3.8, 4) is 11.5 Å². The molecule has 0 saturated carbocycles. The van der Waals surface area contributed by atoms with E-state index in [1.54, 1.807) is 49.6 Å². The second kappa shape index (κ2) is 9.60. The minimum absolute atomic E-state index is 0.170. The fraction of sp³-hybridized carbons (Fsp3) is 0.120. The first-order valence-electron chi connectivity index (χ1n) is 10.0. The highest BCUT2D eigenvalue weighted by atomic mass is 35.5. The Morgan fingerprint density at radius 1 is 0.879 bits per heavy atom. The van der Waals surface area contributed by atoms with Crippen molar-refractivity contribution >= 4 is 46.6 Å². The molecule has 0 spiro atoms. The molecule has 1 heterocycles. The molecule has 3 aromatic rings. The zero-order valence-corrected chi connectivity index (χ0v) is 19.8. The lowest BCUT2D eigenvalue weighted by atomic mass is 10.2. The van der Waals surface area contributed by atoms with Gasteiger partial charge in [0.05, 0.1) is 25.6 Å². The fourth-order valence-electron chi connectivity index (χ4n) is 3.30. The summed E-state index contributed by atoms with van der Waals surface area (Å²) in [4.78, 5) is 29.2. The Balaban J connectivity index is 1.76. The van der Waals surface area contributed by atoms with Gasteiger partial charge >= 0.3 is 0 Å². The highest BCUT2D eigenvalue weighted by Crippen LogP contribution is 2.39. The number of benzene rings is 3. The van der Waals surface area contributed by atoms with Crippen LogP contribution in [0, 0.1) is 6.92 Å². The van der Waals surface area contributed by atoms with E-state index < -0.39 is 11.8 Å². The first kappa shape index (κ1) is 22.8. The zero-order chi connectivity index (χ0) is 23.5. The maximum absolute atomic E-state index is 13.5. The molecule has 33 heavy (non-hydrogen) atoms. The third-order valence-electron chi connectivity index (χ3n) is 5.04. The number of rotatable bonds is 7. The zero-order valence-electron chi connectivity index (χ0n) is 18.2. The minimum Gasteiger partial charge on any atom is -0.497 e. The quantitative estimate of drug-likeness (QED) is 0.440. The normalized spacial score (nSPS) is 13.5. The lowest BCUT2D eigenvalue weighted by molar-refractivity contribution is -0.120. The van der Waals surface area contributed by atoms with E-state index in [9.17, 15) is 9.59 Å². The maximum Gasteiger partial charge on any atom is 0.283 e. The van der Waals surface area contributed by atoms with E-state index in [4.69, 9.17) is 21.1 Å². The van der Waals surface area contributed by atoms with E-state index in [1.165, 1.54) is 18.9 Å². The van der Waals surface area contributed by atoms with Crippen molar-refractivity contribution in [3.05, 3.63) is 87.9 Å². The van der Waals surface area contributed by atoms with Gasteiger partial charge in [0.1, 0.15) is 22.1 Å². The van der Waals surface area contributed by atoms with Crippen LogP contribution in [0.25, 0.3) is 0 Å². The molecule has 3 aromatic carbocycles. The molecule has 4 rings (SSSR count). The summed E-state index contributed by atoms with van der Waals surface area (Å²) < 4.78 is 10.7. The number of nitrogens with zero attached hydrogens (tertiary/aromatic N) is 1. The molecule has 168 valence electrons. The number of amides is 2. The molecule has 0 radical (unpaired) electrons. The number of hydrogen-bond donors (Lipinski definition) is 1. The van der Waals surface area contributed by atoms with Gasteiger partial charge in [-0.3, -0.25) is 9.59 Å². The molecule has 0 unspecified atom stereocenters.